The third kappa shape index (κ3) is 2.01. The number of fused-ring (bicyclic) bond motifs is 1. The van der Waals surface area contributed by atoms with Gasteiger partial charge in [-0.3, -0.25) is 4.98 Å². The standard InChI is InChI=1S/C15H17FN2O/c1-10-8-17-14-12(4-3-5-13(14)19-2)15(10)18-7-6-11(16)9-18/h3-5,8,11H,6-7,9H2,1-2H3/t11-/m0/s1. The fourth-order valence-electron chi connectivity index (χ4n) is 2.79. The molecule has 1 aromatic carbocycles. The highest BCUT2D eigenvalue weighted by Gasteiger charge is 2.25. The number of alkyl halides is 1. The Hall–Kier alpha value is -1.84. The number of hydrogen-bond acceptors (Lipinski definition) is 3. The van der Waals surface area contributed by atoms with Crippen LogP contribution >= 0.6 is 0 Å². The fourth-order valence-corrected chi connectivity index (χ4v) is 2.79. The molecule has 0 N–H and O–H groups in total. The smallest absolute Gasteiger partial charge is 0.145 e. The van der Waals surface area contributed by atoms with E-state index >= 15 is 0 Å². The second-order valence-corrected chi connectivity index (χ2v) is 4.98. The maximum Gasteiger partial charge on any atom is 0.145 e. The quantitative estimate of drug-likeness (QED) is 0.829. The maximum atomic E-state index is 13.5. The fraction of sp³-hybridized carbons (Fsp3) is 0.400. The van der Waals surface area contributed by atoms with Crippen LogP contribution in [0.15, 0.2) is 24.4 Å². The largest absolute Gasteiger partial charge is 0.494 e. The summed E-state index contributed by atoms with van der Waals surface area (Å²) in [4.78, 5) is 6.57. The zero-order valence-corrected chi connectivity index (χ0v) is 11.2. The van der Waals surface area contributed by atoms with Gasteiger partial charge in [-0.15, -0.1) is 0 Å². The summed E-state index contributed by atoms with van der Waals surface area (Å²) in [5, 5.41) is 1.04. The molecule has 0 saturated carbocycles. The van der Waals surface area contributed by atoms with Gasteiger partial charge in [0.2, 0.25) is 0 Å². The third-order valence-corrected chi connectivity index (χ3v) is 3.68. The molecule has 3 nitrogen and oxygen atoms in total. The summed E-state index contributed by atoms with van der Waals surface area (Å²) in [6.45, 7) is 3.25. The Kier molecular flexibility index (Phi) is 3.01. The van der Waals surface area contributed by atoms with Crippen molar-refractivity contribution in [2.45, 2.75) is 19.5 Å². The van der Waals surface area contributed by atoms with Crippen molar-refractivity contribution in [3.63, 3.8) is 0 Å². The van der Waals surface area contributed by atoms with Crippen molar-refractivity contribution in [2.24, 2.45) is 0 Å². The van der Waals surface area contributed by atoms with E-state index < -0.39 is 6.17 Å². The van der Waals surface area contributed by atoms with Crippen molar-refractivity contribution in [3.05, 3.63) is 30.0 Å². The summed E-state index contributed by atoms with van der Waals surface area (Å²) in [6, 6.07) is 5.88. The van der Waals surface area contributed by atoms with Crippen molar-refractivity contribution in [1.82, 2.24) is 4.98 Å². The lowest BCUT2D eigenvalue weighted by atomic mass is 10.1. The van der Waals surface area contributed by atoms with Gasteiger partial charge < -0.3 is 9.64 Å². The average Bonchev–Trinajstić information content (AvgIpc) is 2.84. The molecule has 100 valence electrons. The number of para-hydroxylation sites is 1. The molecule has 0 unspecified atom stereocenters. The number of nitrogens with zero attached hydrogens (tertiary/aromatic N) is 2. The van der Waals surface area contributed by atoms with Crippen LogP contribution in [-0.2, 0) is 0 Å². The molecule has 0 spiro atoms. The van der Waals surface area contributed by atoms with Crippen molar-refractivity contribution in [1.29, 1.82) is 0 Å². The van der Waals surface area contributed by atoms with Gasteiger partial charge in [0.15, 0.2) is 0 Å². The van der Waals surface area contributed by atoms with Crippen LogP contribution in [0.2, 0.25) is 0 Å². The predicted octanol–water partition coefficient (Wildman–Crippen LogP) is 3.10. The predicted molar refractivity (Wildman–Crippen MR) is 74.8 cm³/mol. The first-order valence-electron chi connectivity index (χ1n) is 6.52. The van der Waals surface area contributed by atoms with Gasteiger partial charge in [0.1, 0.15) is 17.4 Å². The molecule has 1 aliphatic rings. The lowest BCUT2D eigenvalue weighted by Crippen LogP contribution is -2.21. The molecule has 1 saturated heterocycles. The molecule has 0 aliphatic carbocycles. The maximum absolute atomic E-state index is 13.5. The minimum atomic E-state index is -0.728. The number of ether oxygens (including phenoxy) is 1. The van der Waals surface area contributed by atoms with Gasteiger partial charge in [0.25, 0.3) is 0 Å². The van der Waals surface area contributed by atoms with E-state index in [4.69, 9.17) is 4.74 Å². The Morgan fingerprint density at radius 3 is 2.95 bits per heavy atom. The molecule has 3 rings (SSSR count). The summed E-state index contributed by atoms with van der Waals surface area (Å²) in [5.74, 6) is 0.759. The normalized spacial score (nSPS) is 19.1. The number of anilines is 1. The Labute approximate surface area is 112 Å². The van der Waals surface area contributed by atoms with Crippen LogP contribution in [0.1, 0.15) is 12.0 Å². The summed E-state index contributed by atoms with van der Waals surface area (Å²) in [7, 11) is 1.64. The Bertz CT molecular complexity index is 614. The van der Waals surface area contributed by atoms with Gasteiger partial charge >= 0.3 is 0 Å². The first-order valence-corrected chi connectivity index (χ1v) is 6.52. The van der Waals surface area contributed by atoms with Crippen LogP contribution in [-0.4, -0.2) is 31.4 Å². The van der Waals surface area contributed by atoms with Crippen molar-refractivity contribution < 1.29 is 9.13 Å². The molecule has 2 aromatic rings. The molecule has 0 amide bonds. The average molecular weight is 260 g/mol. The molecule has 19 heavy (non-hydrogen) atoms. The SMILES string of the molecule is COc1cccc2c(N3CC[C@H](F)C3)c(C)cnc12. The first-order chi connectivity index (χ1) is 9.20. The highest BCUT2D eigenvalue weighted by Crippen LogP contribution is 2.35. The van der Waals surface area contributed by atoms with E-state index in [0.717, 1.165) is 34.4 Å². The second-order valence-electron chi connectivity index (χ2n) is 4.98. The minimum absolute atomic E-state index is 0.469. The highest BCUT2D eigenvalue weighted by molar-refractivity contribution is 5.96. The molecule has 1 aliphatic heterocycles. The third-order valence-electron chi connectivity index (χ3n) is 3.68. The van der Waals surface area contributed by atoms with E-state index in [9.17, 15) is 4.39 Å². The Morgan fingerprint density at radius 1 is 1.42 bits per heavy atom. The van der Waals surface area contributed by atoms with Gasteiger partial charge in [-0.1, -0.05) is 12.1 Å². The summed E-state index contributed by atoms with van der Waals surface area (Å²) in [5.41, 5.74) is 3.01. The Morgan fingerprint density at radius 2 is 2.26 bits per heavy atom. The van der Waals surface area contributed by atoms with Gasteiger partial charge in [-0.2, -0.15) is 0 Å². The van der Waals surface area contributed by atoms with E-state index in [-0.39, 0.29) is 0 Å². The molecule has 0 radical (unpaired) electrons. The highest BCUT2D eigenvalue weighted by atomic mass is 19.1. The summed E-state index contributed by atoms with van der Waals surface area (Å²) >= 11 is 0. The van der Waals surface area contributed by atoms with Gasteiger partial charge in [-0.25, -0.2) is 4.39 Å². The molecular formula is C15H17FN2O. The van der Waals surface area contributed by atoms with Crippen LogP contribution in [0.5, 0.6) is 5.75 Å². The van der Waals surface area contributed by atoms with Crippen LogP contribution < -0.4 is 9.64 Å². The van der Waals surface area contributed by atoms with E-state index in [2.05, 4.69) is 9.88 Å². The zero-order valence-electron chi connectivity index (χ0n) is 11.2. The first kappa shape index (κ1) is 12.2. The molecule has 1 aromatic heterocycles. The second kappa shape index (κ2) is 4.68. The molecule has 1 fully saturated rings. The monoisotopic (exact) mass is 260 g/mol. The molecular weight excluding hydrogens is 243 g/mol. The zero-order chi connectivity index (χ0) is 13.4. The Balaban J connectivity index is 2.19. The number of methoxy groups -OCH3 is 1. The molecule has 4 heteroatoms. The number of aromatic nitrogens is 1. The number of rotatable bonds is 2. The number of aryl methyl sites for hydroxylation is 1. The summed E-state index contributed by atoms with van der Waals surface area (Å²) < 4.78 is 18.8. The molecule has 2 heterocycles. The van der Waals surface area contributed by atoms with Gasteiger partial charge in [0, 0.05) is 24.7 Å². The number of benzene rings is 1. The molecule has 0 bridgehead atoms. The topological polar surface area (TPSA) is 25.4 Å². The lowest BCUT2D eigenvalue weighted by molar-refractivity contribution is 0.364. The van der Waals surface area contributed by atoms with Crippen molar-refractivity contribution in [2.75, 3.05) is 25.1 Å². The van der Waals surface area contributed by atoms with Crippen LogP contribution in [0.25, 0.3) is 10.9 Å². The minimum Gasteiger partial charge on any atom is -0.494 e. The number of pyridine rings is 1. The van der Waals surface area contributed by atoms with E-state index in [1.165, 1.54) is 0 Å². The lowest BCUT2D eigenvalue weighted by Gasteiger charge is -2.22. The van der Waals surface area contributed by atoms with E-state index in [1.807, 2.05) is 31.3 Å². The van der Waals surface area contributed by atoms with Gasteiger partial charge in [0.05, 0.1) is 12.8 Å². The van der Waals surface area contributed by atoms with Gasteiger partial charge in [-0.05, 0) is 25.0 Å². The molecule has 1 atom stereocenters. The van der Waals surface area contributed by atoms with E-state index in [0.29, 0.717) is 13.0 Å². The van der Waals surface area contributed by atoms with Crippen LogP contribution in [0, 0.1) is 6.92 Å². The van der Waals surface area contributed by atoms with Crippen molar-refractivity contribution >= 4 is 16.6 Å². The van der Waals surface area contributed by atoms with E-state index in [1.54, 1.807) is 7.11 Å². The van der Waals surface area contributed by atoms with Crippen LogP contribution in [0.4, 0.5) is 10.1 Å². The van der Waals surface area contributed by atoms with Crippen LogP contribution in [0.3, 0.4) is 0 Å². The number of halogens is 1. The number of hydrogen-bond donors (Lipinski definition) is 0. The summed E-state index contributed by atoms with van der Waals surface area (Å²) in [6.07, 6.45) is 1.71. The van der Waals surface area contributed by atoms with Crippen molar-refractivity contribution in [3.8, 4) is 5.75 Å².